The Hall–Kier alpha value is -2.31. The van der Waals surface area contributed by atoms with Crippen LogP contribution in [0, 0.1) is 0 Å². The molecular weight excluding hydrogens is 358 g/mol. The van der Waals surface area contributed by atoms with Gasteiger partial charge in [-0.15, -0.1) is 0 Å². The van der Waals surface area contributed by atoms with Gasteiger partial charge in [-0.05, 0) is 23.4 Å². The normalized spacial score (nSPS) is 16.0. The lowest BCUT2D eigenvalue weighted by atomic mass is 10.1. The minimum atomic E-state index is -0.207. The quantitative estimate of drug-likeness (QED) is 0.427. The Labute approximate surface area is 153 Å². The molecule has 0 fully saturated rings. The van der Waals surface area contributed by atoms with Gasteiger partial charge in [-0.1, -0.05) is 48.0 Å². The maximum absolute atomic E-state index is 13.2. The lowest BCUT2D eigenvalue weighted by Crippen LogP contribution is -2.41. The molecule has 0 spiro atoms. The summed E-state index contributed by atoms with van der Waals surface area (Å²) in [5, 5.41) is 11.7. The number of aromatic nitrogens is 3. The van der Waals surface area contributed by atoms with Crippen LogP contribution in [0.3, 0.4) is 0 Å². The maximum Gasteiger partial charge on any atom is 0.350 e. The molecule has 0 radical (unpaired) electrons. The van der Waals surface area contributed by atoms with E-state index in [4.69, 9.17) is 11.6 Å². The molecule has 0 unspecified atom stereocenters. The van der Waals surface area contributed by atoms with Gasteiger partial charge < -0.3 is 5.11 Å². The molecule has 3 aromatic rings. The second-order valence-electron chi connectivity index (χ2n) is 5.82. The largest absolute Gasteiger partial charge is 0.477 e. The van der Waals surface area contributed by atoms with E-state index >= 15 is 0 Å². The minimum absolute atomic E-state index is 0.0233. The first kappa shape index (κ1) is 16.2. The average Bonchev–Trinajstić information content (AvgIpc) is 3.07. The molecular formula is C18H15ClN3O2S+. The van der Waals surface area contributed by atoms with Crippen molar-refractivity contribution in [3.8, 4) is 17.0 Å². The summed E-state index contributed by atoms with van der Waals surface area (Å²) in [6.45, 7) is 0. The summed E-state index contributed by atoms with van der Waals surface area (Å²) in [6.07, 6.45) is 1.70. The Balaban J connectivity index is 1.95. The molecule has 4 rings (SSSR count). The first-order chi connectivity index (χ1) is 12.1. The number of halogens is 1. The molecule has 3 heterocycles. The zero-order chi connectivity index (χ0) is 17.6. The number of hydrogen-bond donors (Lipinski definition) is 1. The number of fused-ring (bicyclic) bond motifs is 1. The topological polar surface area (TPSA) is 59.0 Å². The summed E-state index contributed by atoms with van der Waals surface area (Å²) in [4.78, 5) is 17.3. The molecule has 1 aliphatic heterocycles. The van der Waals surface area contributed by atoms with Gasteiger partial charge in [-0.3, -0.25) is 0 Å². The summed E-state index contributed by atoms with van der Waals surface area (Å²) in [5.74, 6) is 0.675. The Kier molecular flexibility index (Phi) is 4.01. The van der Waals surface area contributed by atoms with E-state index in [0.29, 0.717) is 22.0 Å². The van der Waals surface area contributed by atoms with Gasteiger partial charge in [0.25, 0.3) is 5.88 Å². The zero-order valence-electron chi connectivity index (χ0n) is 13.4. The highest BCUT2D eigenvalue weighted by Crippen LogP contribution is 2.36. The van der Waals surface area contributed by atoms with Crippen LogP contribution in [0.4, 0.5) is 0 Å². The number of nitrogens with zero attached hydrogens (tertiary/aromatic N) is 3. The van der Waals surface area contributed by atoms with Gasteiger partial charge in [-0.25, -0.2) is 9.78 Å². The van der Waals surface area contributed by atoms with Gasteiger partial charge in [0.05, 0.1) is 12.8 Å². The third kappa shape index (κ3) is 2.62. The van der Waals surface area contributed by atoms with E-state index in [2.05, 4.69) is 4.98 Å². The van der Waals surface area contributed by atoms with E-state index in [1.54, 1.807) is 28.4 Å². The van der Waals surface area contributed by atoms with E-state index in [9.17, 15) is 9.90 Å². The molecule has 0 amide bonds. The van der Waals surface area contributed by atoms with Crippen molar-refractivity contribution in [2.24, 2.45) is 7.05 Å². The first-order valence-corrected chi connectivity index (χ1v) is 9.11. The van der Waals surface area contributed by atoms with E-state index < -0.39 is 0 Å². The van der Waals surface area contributed by atoms with Gasteiger partial charge >= 0.3 is 10.7 Å². The summed E-state index contributed by atoms with van der Waals surface area (Å²) in [5.41, 5.74) is 1.71. The third-order valence-corrected chi connectivity index (χ3v) is 5.78. The molecule has 7 heteroatoms. The van der Waals surface area contributed by atoms with Gasteiger partial charge in [0.2, 0.25) is 0 Å². The minimum Gasteiger partial charge on any atom is -0.477 e. The van der Waals surface area contributed by atoms with Crippen LogP contribution < -0.4 is 10.1 Å². The van der Waals surface area contributed by atoms with Crippen molar-refractivity contribution in [2.45, 2.75) is 11.2 Å². The van der Waals surface area contributed by atoms with Crippen molar-refractivity contribution in [1.82, 2.24) is 9.55 Å². The smallest absolute Gasteiger partial charge is 0.350 e. The SMILES string of the molecule is C[n+]1c(O)c(-c2ccccc2)c(=O)n2c1SC[C@H]2c1ccc(Cl)nc1. The molecule has 1 aromatic carbocycles. The van der Waals surface area contributed by atoms with Gasteiger partial charge in [0.1, 0.15) is 11.2 Å². The highest BCUT2D eigenvalue weighted by atomic mass is 35.5. The number of rotatable bonds is 2. The fourth-order valence-corrected chi connectivity index (χ4v) is 4.47. The molecule has 0 saturated heterocycles. The van der Waals surface area contributed by atoms with Crippen molar-refractivity contribution >= 4 is 23.4 Å². The Morgan fingerprint density at radius 3 is 2.72 bits per heavy atom. The Morgan fingerprint density at radius 1 is 1.28 bits per heavy atom. The molecule has 1 atom stereocenters. The van der Waals surface area contributed by atoms with Gasteiger partial charge in [0.15, 0.2) is 5.56 Å². The van der Waals surface area contributed by atoms with Crippen LogP contribution in [-0.2, 0) is 7.05 Å². The molecule has 5 nitrogen and oxygen atoms in total. The molecule has 0 saturated carbocycles. The lowest BCUT2D eigenvalue weighted by molar-refractivity contribution is -0.720. The molecule has 25 heavy (non-hydrogen) atoms. The Bertz CT molecular complexity index is 1000. The average molecular weight is 373 g/mol. The fraction of sp³-hybridized carbons (Fsp3) is 0.167. The van der Waals surface area contributed by atoms with Crippen LogP contribution in [0.5, 0.6) is 5.88 Å². The van der Waals surface area contributed by atoms with Gasteiger partial charge in [-0.2, -0.15) is 9.13 Å². The van der Waals surface area contributed by atoms with Crippen molar-refractivity contribution < 1.29 is 9.67 Å². The Morgan fingerprint density at radius 2 is 2.04 bits per heavy atom. The lowest BCUT2D eigenvalue weighted by Gasteiger charge is -2.12. The summed E-state index contributed by atoms with van der Waals surface area (Å²) < 4.78 is 3.40. The molecule has 0 bridgehead atoms. The molecule has 1 N–H and O–H groups in total. The number of hydrogen-bond acceptors (Lipinski definition) is 4. The van der Waals surface area contributed by atoms with Crippen molar-refractivity contribution in [3.05, 3.63) is 69.7 Å². The van der Waals surface area contributed by atoms with Gasteiger partial charge in [0, 0.05) is 11.8 Å². The van der Waals surface area contributed by atoms with Crippen molar-refractivity contribution in [2.75, 3.05) is 5.75 Å². The monoisotopic (exact) mass is 372 g/mol. The van der Waals surface area contributed by atoms with Crippen LogP contribution in [0.1, 0.15) is 11.6 Å². The zero-order valence-corrected chi connectivity index (χ0v) is 15.0. The van der Waals surface area contributed by atoms with Crippen molar-refractivity contribution in [1.29, 1.82) is 0 Å². The van der Waals surface area contributed by atoms with Crippen molar-refractivity contribution in [3.63, 3.8) is 0 Å². The molecule has 126 valence electrons. The van der Waals surface area contributed by atoms with E-state index in [1.807, 2.05) is 36.4 Å². The predicted molar refractivity (Wildman–Crippen MR) is 97.1 cm³/mol. The summed E-state index contributed by atoms with van der Waals surface area (Å²) in [7, 11) is 1.77. The molecule has 0 aliphatic carbocycles. The van der Waals surface area contributed by atoms with Crippen LogP contribution in [0.15, 0.2) is 58.6 Å². The standard InChI is InChI=1S/C18H14ClN3O2S/c1-21-16(23)15(11-5-3-2-4-6-11)17(24)22-13(10-25-18(21)22)12-7-8-14(19)20-9-12/h2-9,13H,10H2,1H3/p+1/t13-/m0/s1. The van der Waals surface area contributed by atoms with Crippen LogP contribution in [0.2, 0.25) is 5.15 Å². The summed E-state index contributed by atoms with van der Waals surface area (Å²) >= 11 is 7.42. The van der Waals surface area contributed by atoms with E-state index in [0.717, 1.165) is 10.7 Å². The maximum atomic E-state index is 13.2. The highest BCUT2D eigenvalue weighted by molar-refractivity contribution is 7.99. The number of thioether (sulfide) groups is 1. The third-order valence-electron chi connectivity index (χ3n) is 4.35. The second-order valence-corrected chi connectivity index (χ2v) is 7.20. The number of pyridine rings is 1. The summed E-state index contributed by atoms with van der Waals surface area (Å²) in [6, 6.07) is 12.7. The predicted octanol–water partition coefficient (Wildman–Crippen LogP) is 2.79. The van der Waals surface area contributed by atoms with Crippen LogP contribution in [-0.4, -0.2) is 20.4 Å². The van der Waals surface area contributed by atoms with Crippen LogP contribution in [0.25, 0.3) is 11.1 Å². The van der Waals surface area contributed by atoms with E-state index in [-0.39, 0.29) is 17.5 Å². The molecule has 2 aromatic heterocycles. The molecule has 1 aliphatic rings. The number of benzene rings is 1. The second kappa shape index (κ2) is 6.20. The fourth-order valence-electron chi connectivity index (χ4n) is 3.08. The number of aromatic hydroxyl groups is 1. The first-order valence-electron chi connectivity index (χ1n) is 7.75. The van der Waals surface area contributed by atoms with Crippen LogP contribution >= 0.6 is 23.4 Å². The van der Waals surface area contributed by atoms with E-state index in [1.165, 1.54) is 11.8 Å². The highest BCUT2D eigenvalue weighted by Gasteiger charge is 2.38.